The molecule has 19 heavy (non-hydrogen) atoms. The summed E-state index contributed by atoms with van der Waals surface area (Å²) in [4.78, 5) is 2.64. The Labute approximate surface area is 116 Å². The van der Waals surface area contributed by atoms with Crippen molar-refractivity contribution in [1.82, 2.24) is 20.0 Å². The minimum atomic E-state index is 0.454. The van der Waals surface area contributed by atoms with Gasteiger partial charge in [-0.15, -0.1) is 0 Å². The second kappa shape index (κ2) is 5.25. The van der Waals surface area contributed by atoms with E-state index in [1.807, 2.05) is 0 Å². The number of hydrogen-bond donors (Lipinski definition) is 1. The van der Waals surface area contributed by atoms with Gasteiger partial charge in [0.15, 0.2) is 0 Å². The van der Waals surface area contributed by atoms with Gasteiger partial charge in [0.1, 0.15) is 0 Å². The average Bonchev–Trinajstić information content (AvgIpc) is 3.09. The van der Waals surface area contributed by atoms with Crippen molar-refractivity contribution in [3.05, 3.63) is 18.0 Å². The van der Waals surface area contributed by atoms with Crippen LogP contribution in [0.1, 0.15) is 45.3 Å². The summed E-state index contributed by atoms with van der Waals surface area (Å²) in [6, 6.07) is 3.95. The van der Waals surface area contributed by atoms with Crippen molar-refractivity contribution in [2.45, 2.75) is 58.3 Å². The maximum atomic E-state index is 4.70. The Hall–Kier alpha value is -0.870. The van der Waals surface area contributed by atoms with E-state index in [2.05, 4.69) is 47.9 Å². The van der Waals surface area contributed by atoms with Gasteiger partial charge in [-0.05, 0) is 45.6 Å². The van der Waals surface area contributed by atoms with Crippen molar-refractivity contribution < 1.29 is 0 Å². The zero-order chi connectivity index (χ0) is 13.4. The molecular weight excluding hydrogens is 236 g/mol. The summed E-state index contributed by atoms with van der Waals surface area (Å²) in [6.45, 7) is 9.94. The fourth-order valence-electron chi connectivity index (χ4n) is 3.09. The van der Waals surface area contributed by atoms with Crippen LogP contribution in [0.3, 0.4) is 0 Å². The van der Waals surface area contributed by atoms with E-state index in [9.17, 15) is 0 Å². The Bertz CT molecular complexity index is 422. The summed E-state index contributed by atoms with van der Waals surface area (Å²) in [5.74, 6) is 0.923. The molecule has 3 rings (SSSR count). The number of nitrogens with zero attached hydrogens (tertiary/aromatic N) is 3. The lowest BCUT2D eigenvalue weighted by atomic mass is 10.1. The lowest BCUT2D eigenvalue weighted by Gasteiger charge is -2.39. The van der Waals surface area contributed by atoms with Gasteiger partial charge in [0.25, 0.3) is 0 Å². The molecule has 1 aliphatic carbocycles. The highest BCUT2D eigenvalue weighted by Crippen LogP contribution is 2.36. The predicted octanol–water partition coefficient (Wildman–Crippen LogP) is 2.04. The third kappa shape index (κ3) is 3.00. The first kappa shape index (κ1) is 13.1. The van der Waals surface area contributed by atoms with Crippen LogP contribution in [0, 0.1) is 5.92 Å². The standard InChI is InChI=1S/C15H26N4/c1-11(2)19-7-6-14(17-19)10-18-9-12(3)16-8-15(18)13-4-5-13/h6-7,11-13,15-16H,4-5,8-10H2,1-3H3. The highest BCUT2D eigenvalue weighted by atomic mass is 15.3. The van der Waals surface area contributed by atoms with Crippen LogP contribution in [0.25, 0.3) is 0 Å². The van der Waals surface area contributed by atoms with Crippen LogP contribution in [-0.4, -0.2) is 39.9 Å². The first-order chi connectivity index (χ1) is 9.13. The van der Waals surface area contributed by atoms with Gasteiger partial charge in [0, 0.05) is 44.0 Å². The third-order valence-corrected chi connectivity index (χ3v) is 4.38. The monoisotopic (exact) mass is 262 g/mol. The second-order valence-corrected chi connectivity index (χ2v) is 6.52. The Kier molecular flexibility index (Phi) is 3.63. The van der Waals surface area contributed by atoms with Crippen molar-refractivity contribution >= 4 is 0 Å². The molecule has 2 fully saturated rings. The molecule has 1 aromatic rings. The molecule has 1 N–H and O–H groups in total. The van der Waals surface area contributed by atoms with Crippen molar-refractivity contribution in [3.63, 3.8) is 0 Å². The summed E-state index contributed by atoms with van der Waals surface area (Å²) in [7, 11) is 0. The average molecular weight is 262 g/mol. The minimum Gasteiger partial charge on any atom is -0.311 e. The molecule has 0 radical (unpaired) electrons. The maximum absolute atomic E-state index is 4.70. The third-order valence-electron chi connectivity index (χ3n) is 4.38. The fourth-order valence-corrected chi connectivity index (χ4v) is 3.09. The first-order valence-corrected chi connectivity index (χ1v) is 7.65. The molecule has 0 bridgehead atoms. The fraction of sp³-hybridized carbons (Fsp3) is 0.800. The zero-order valence-corrected chi connectivity index (χ0v) is 12.3. The summed E-state index contributed by atoms with van der Waals surface area (Å²) < 4.78 is 2.06. The predicted molar refractivity (Wildman–Crippen MR) is 77.0 cm³/mol. The van der Waals surface area contributed by atoms with Gasteiger partial charge in [-0.1, -0.05) is 0 Å². The van der Waals surface area contributed by atoms with Gasteiger partial charge >= 0.3 is 0 Å². The molecule has 0 spiro atoms. The topological polar surface area (TPSA) is 33.1 Å². The smallest absolute Gasteiger partial charge is 0.0765 e. The number of aromatic nitrogens is 2. The van der Waals surface area contributed by atoms with Crippen LogP contribution in [0.2, 0.25) is 0 Å². The van der Waals surface area contributed by atoms with Crippen LogP contribution in [0.15, 0.2) is 12.3 Å². The van der Waals surface area contributed by atoms with Crippen LogP contribution in [0.4, 0.5) is 0 Å². The molecule has 106 valence electrons. The summed E-state index contributed by atoms with van der Waals surface area (Å²) in [5, 5.41) is 8.32. The van der Waals surface area contributed by atoms with E-state index in [0.29, 0.717) is 12.1 Å². The summed E-state index contributed by atoms with van der Waals surface area (Å²) in [6.07, 6.45) is 4.94. The summed E-state index contributed by atoms with van der Waals surface area (Å²) >= 11 is 0. The molecule has 1 aromatic heterocycles. The molecular formula is C15H26N4. The van der Waals surface area contributed by atoms with Gasteiger partial charge in [0.05, 0.1) is 5.69 Å². The first-order valence-electron chi connectivity index (χ1n) is 7.65. The van der Waals surface area contributed by atoms with E-state index in [0.717, 1.165) is 31.6 Å². The molecule has 0 amide bonds. The Morgan fingerprint density at radius 1 is 1.42 bits per heavy atom. The number of rotatable bonds is 4. The largest absolute Gasteiger partial charge is 0.311 e. The Morgan fingerprint density at radius 2 is 2.21 bits per heavy atom. The molecule has 1 aliphatic heterocycles. The lowest BCUT2D eigenvalue weighted by molar-refractivity contribution is 0.110. The lowest BCUT2D eigenvalue weighted by Crippen LogP contribution is -2.55. The molecule has 2 unspecified atom stereocenters. The molecule has 2 heterocycles. The van der Waals surface area contributed by atoms with Gasteiger partial charge < -0.3 is 5.32 Å². The number of piperazine rings is 1. The molecule has 0 aromatic carbocycles. The van der Waals surface area contributed by atoms with Crippen molar-refractivity contribution in [3.8, 4) is 0 Å². The Morgan fingerprint density at radius 3 is 2.84 bits per heavy atom. The van der Waals surface area contributed by atoms with Crippen LogP contribution < -0.4 is 5.32 Å². The number of nitrogens with one attached hydrogen (secondary N) is 1. The van der Waals surface area contributed by atoms with Crippen molar-refractivity contribution in [2.24, 2.45) is 5.92 Å². The van der Waals surface area contributed by atoms with E-state index >= 15 is 0 Å². The van der Waals surface area contributed by atoms with Crippen molar-refractivity contribution in [2.75, 3.05) is 13.1 Å². The van der Waals surface area contributed by atoms with Gasteiger partial charge in [-0.25, -0.2) is 0 Å². The number of hydrogen-bond acceptors (Lipinski definition) is 3. The normalized spacial score (nSPS) is 29.1. The van der Waals surface area contributed by atoms with E-state index < -0.39 is 0 Å². The van der Waals surface area contributed by atoms with E-state index in [4.69, 9.17) is 5.10 Å². The van der Waals surface area contributed by atoms with Gasteiger partial charge in [0.2, 0.25) is 0 Å². The highest BCUT2D eigenvalue weighted by Gasteiger charge is 2.38. The molecule has 2 atom stereocenters. The molecule has 4 heteroatoms. The second-order valence-electron chi connectivity index (χ2n) is 6.52. The highest BCUT2D eigenvalue weighted by molar-refractivity contribution is 5.03. The van der Waals surface area contributed by atoms with E-state index in [1.165, 1.54) is 18.5 Å². The van der Waals surface area contributed by atoms with E-state index in [1.54, 1.807) is 0 Å². The van der Waals surface area contributed by atoms with Crippen LogP contribution in [0.5, 0.6) is 0 Å². The molecule has 1 saturated carbocycles. The van der Waals surface area contributed by atoms with Gasteiger partial charge in [-0.2, -0.15) is 5.10 Å². The van der Waals surface area contributed by atoms with Crippen molar-refractivity contribution in [1.29, 1.82) is 0 Å². The van der Waals surface area contributed by atoms with Crippen LogP contribution in [-0.2, 0) is 6.54 Å². The van der Waals surface area contributed by atoms with Gasteiger partial charge in [-0.3, -0.25) is 9.58 Å². The van der Waals surface area contributed by atoms with Crippen LogP contribution >= 0.6 is 0 Å². The molecule has 4 nitrogen and oxygen atoms in total. The SMILES string of the molecule is CC1CN(Cc2ccn(C(C)C)n2)C(C2CC2)CN1. The summed E-state index contributed by atoms with van der Waals surface area (Å²) in [5.41, 5.74) is 1.22. The zero-order valence-electron chi connectivity index (χ0n) is 12.3. The van der Waals surface area contributed by atoms with E-state index in [-0.39, 0.29) is 0 Å². The Balaban J connectivity index is 1.67. The maximum Gasteiger partial charge on any atom is 0.0765 e. The quantitative estimate of drug-likeness (QED) is 0.901. The minimum absolute atomic E-state index is 0.454. The molecule has 1 saturated heterocycles. The molecule has 2 aliphatic rings.